The number of nitrogens with zero attached hydrogens (tertiary/aromatic N) is 4. The Morgan fingerprint density at radius 3 is 2.57 bits per heavy atom. The third-order valence-corrected chi connectivity index (χ3v) is 4.35. The van der Waals surface area contributed by atoms with E-state index in [9.17, 15) is 0 Å². The van der Waals surface area contributed by atoms with E-state index in [1.807, 2.05) is 11.8 Å². The second-order valence-electron chi connectivity index (χ2n) is 5.42. The fraction of sp³-hybridized carbons (Fsp3) is 0.769. The van der Waals surface area contributed by atoms with Crippen molar-refractivity contribution in [2.45, 2.75) is 26.2 Å². The Labute approximate surface area is 130 Å². The monoisotopic (exact) mass is 311 g/mol. The Morgan fingerprint density at radius 2 is 1.90 bits per heavy atom. The van der Waals surface area contributed by atoms with Crippen molar-refractivity contribution in [3.05, 3.63) is 0 Å². The topological polar surface area (TPSA) is 92.0 Å². The first-order chi connectivity index (χ1) is 10.2. The van der Waals surface area contributed by atoms with Crippen molar-refractivity contribution in [3.63, 3.8) is 0 Å². The first-order valence-corrected chi connectivity index (χ1v) is 8.82. The Morgan fingerprint density at radius 1 is 1.19 bits per heavy atom. The molecule has 2 heterocycles. The molecule has 1 aromatic heterocycles. The molecule has 1 aliphatic heterocycles. The van der Waals surface area contributed by atoms with Crippen LogP contribution in [0.4, 0.5) is 17.8 Å². The maximum atomic E-state index is 5.47. The smallest absolute Gasteiger partial charge is 0.243 e. The summed E-state index contributed by atoms with van der Waals surface area (Å²) in [6, 6.07) is 0. The summed E-state index contributed by atoms with van der Waals surface area (Å²) in [5, 5.41) is 3.29. The van der Waals surface area contributed by atoms with E-state index in [1.54, 1.807) is 0 Å². The molecule has 4 N–H and O–H groups in total. The van der Waals surface area contributed by atoms with Crippen LogP contribution >= 0.6 is 11.8 Å². The predicted octanol–water partition coefficient (Wildman–Crippen LogP) is 1.56. The zero-order valence-corrected chi connectivity index (χ0v) is 13.6. The standard InChI is InChI=1S/C13H25N7S/c1-10(9-21-2)8-15-11-16-12(19-14)18-13(17-11)20-6-4-3-5-7-20/h10H,3-9,14H2,1-2H3,(H2,15,16,17,18,19). The maximum Gasteiger partial charge on any atom is 0.243 e. The molecule has 1 fully saturated rings. The summed E-state index contributed by atoms with van der Waals surface area (Å²) in [4.78, 5) is 15.4. The average Bonchev–Trinajstić information content (AvgIpc) is 2.54. The summed E-state index contributed by atoms with van der Waals surface area (Å²) in [5.74, 6) is 8.84. The van der Waals surface area contributed by atoms with Gasteiger partial charge in [0.1, 0.15) is 0 Å². The molecule has 0 aromatic carbocycles. The van der Waals surface area contributed by atoms with Crippen LogP contribution in [0.25, 0.3) is 0 Å². The van der Waals surface area contributed by atoms with Crippen LogP contribution in [0.5, 0.6) is 0 Å². The molecule has 1 unspecified atom stereocenters. The highest BCUT2D eigenvalue weighted by molar-refractivity contribution is 7.98. The molecule has 7 nitrogen and oxygen atoms in total. The lowest BCUT2D eigenvalue weighted by Crippen LogP contribution is -2.32. The number of hydrogen-bond donors (Lipinski definition) is 3. The van der Waals surface area contributed by atoms with Gasteiger partial charge in [0.25, 0.3) is 0 Å². The summed E-state index contributed by atoms with van der Waals surface area (Å²) in [6.45, 7) is 5.04. The van der Waals surface area contributed by atoms with E-state index in [0.717, 1.165) is 25.4 Å². The minimum atomic E-state index is 0.408. The molecule has 0 bridgehead atoms. The molecule has 0 spiro atoms. The van der Waals surface area contributed by atoms with E-state index in [4.69, 9.17) is 5.84 Å². The number of hydrogen-bond acceptors (Lipinski definition) is 8. The van der Waals surface area contributed by atoms with Gasteiger partial charge in [-0.3, -0.25) is 5.43 Å². The van der Waals surface area contributed by atoms with Crippen LogP contribution in [0.15, 0.2) is 0 Å². The Bertz CT molecular complexity index is 437. The fourth-order valence-electron chi connectivity index (χ4n) is 2.35. The van der Waals surface area contributed by atoms with Gasteiger partial charge in [-0.25, -0.2) is 5.84 Å². The molecular weight excluding hydrogens is 286 g/mol. The van der Waals surface area contributed by atoms with E-state index in [-0.39, 0.29) is 0 Å². The molecular formula is C13H25N7S. The highest BCUT2D eigenvalue weighted by Gasteiger charge is 2.16. The van der Waals surface area contributed by atoms with Crippen LogP contribution in [0.2, 0.25) is 0 Å². The first-order valence-electron chi connectivity index (χ1n) is 7.43. The van der Waals surface area contributed by atoms with Gasteiger partial charge in [0, 0.05) is 19.6 Å². The SMILES string of the molecule is CSCC(C)CNc1nc(NN)nc(N2CCCCC2)n1. The van der Waals surface area contributed by atoms with E-state index >= 15 is 0 Å². The number of nitrogens with one attached hydrogen (secondary N) is 2. The van der Waals surface area contributed by atoms with Crippen molar-refractivity contribution < 1.29 is 0 Å². The summed E-state index contributed by atoms with van der Waals surface area (Å²) in [5.41, 5.74) is 2.53. The Kier molecular flexibility index (Phi) is 6.31. The van der Waals surface area contributed by atoms with Gasteiger partial charge in [0.15, 0.2) is 0 Å². The van der Waals surface area contributed by atoms with E-state index in [0.29, 0.717) is 23.8 Å². The van der Waals surface area contributed by atoms with Crippen molar-refractivity contribution in [2.24, 2.45) is 11.8 Å². The number of nitrogen functional groups attached to an aromatic ring is 1. The zero-order valence-electron chi connectivity index (χ0n) is 12.8. The second kappa shape index (κ2) is 8.23. The van der Waals surface area contributed by atoms with Gasteiger partial charge >= 0.3 is 0 Å². The number of hydrazine groups is 1. The lowest BCUT2D eigenvalue weighted by molar-refractivity contribution is 0.567. The van der Waals surface area contributed by atoms with Crippen molar-refractivity contribution in [1.82, 2.24) is 15.0 Å². The number of anilines is 3. The highest BCUT2D eigenvalue weighted by atomic mass is 32.2. The Hall–Kier alpha value is -1.28. The third kappa shape index (κ3) is 4.89. The minimum Gasteiger partial charge on any atom is -0.354 e. The summed E-state index contributed by atoms with van der Waals surface area (Å²) >= 11 is 1.84. The average molecular weight is 311 g/mol. The van der Waals surface area contributed by atoms with Gasteiger partial charge < -0.3 is 10.2 Å². The molecule has 2 rings (SSSR count). The Balaban J connectivity index is 2.05. The predicted molar refractivity (Wildman–Crippen MR) is 89.7 cm³/mol. The number of thioether (sulfide) groups is 1. The van der Waals surface area contributed by atoms with E-state index < -0.39 is 0 Å². The molecule has 1 atom stereocenters. The quantitative estimate of drug-likeness (QED) is 0.516. The lowest BCUT2D eigenvalue weighted by Gasteiger charge is -2.27. The summed E-state index contributed by atoms with van der Waals surface area (Å²) < 4.78 is 0. The molecule has 0 amide bonds. The molecule has 1 aromatic rings. The van der Waals surface area contributed by atoms with E-state index in [1.165, 1.54) is 19.3 Å². The van der Waals surface area contributed by atoms with Crippen LogP contribution in [0, 0.1) is 5.92 Å². The number of aromatic nitrogens is 3. The summed E-state index contributed by atoms with van der Waals surface area (Å²) in [6.07, 6.45) is 5.76. The van der Waals surface area contributed by atoms with Gasteiger partial charge in [0.05, 0.1) is 0 Å². The van der Waals surface area contributed by atoms with Crippen LogP contribution in [-0.2, 0) is 0 Å². The largest absolute Gasteiger partial charge is 0.354 e. The van der Waals surface area contributed by atoms with Gasteiger partial charge in [0.2, 0.25) is 17.8 Å². The normalized spacial score (nSPS) is 16.6. The molecule has 0 aliphatic carbocycles. The van der Waals surface area contributed by atoms with E-state index in [2.05, 4.69) is 43.8 Å². The molecule has 21 heavy (non-hydrogen) atoms. The van der Waals surface area contributed by atoms with Gasteiger partial charge in [-0.05, 0) is 37.2 Å². The third-order valence-electron chi connectivity index (χ3n) is 3.45. The van der Waals surface area contributed by atoms with Crippen LogP contribution in [-0.4, -0.2) is 46.6 Å². The van der Waals surface area contributed by atoms with Crippen molar-refractivity contribution in [1.29, 1.82) is 0 Å². The van der Waals surface area contributed by atoms with Crippen LogP contribution in [0.1, 0.15) is 26.2 Å². The second-order valence-corrected chi connectivity index (χ2v) is 6.33. The van der Waals surface area contributed by atoms with Crippen molar-refractivity contribution >= 4 is 29.6 Å². The zero-order chi connectivity index (χ0) is 15.1. The lowest BCUT2D eigenvalue weighted by atomic mass is 10.1. The first kappa shape index (κ1) is 16.1. The number of piperidine rings is 1. The summed E-state index contributed by atoms with van der Waals surface area (Å²) in [7, 11) is 0. The van der Waals surface area contributed by atoms with Crippen LogP contribution < -0.4 is 21.5 Å². The molecule has 118 valence electrons. The van der Waals surface area contributed by atoms with Gasteiger partial charge in [-0.2, -0.15) is 26.7 Å². The number of nitrogens with two attached hydrogens (primary N) is 1. The van der Waals surface area contributed by atoms with Crippen molar-refractivity contribution in [2.75, 3.05) is 47.3 Å². The minimum absolute atomic E-state index is 0.408. The molecule has 8 heteroatoms. The van der Waals surface area contributed by atoms with Gasteiger partial charge in [-0.1, -0.05) is 6.92 Å². The molecule has 1 saturated heterocycles. The van der Waals surface area contributed by atoms with Gasteiger partial charge in [-0.15, -0.1) is 0 Å². The molecule has 0 radical (unpaired) electrons. The van der Waals surface area contributed by atoms with Crippen molar-refractivity contribution in [3.8, 4) is 0 Å². The molecule has 0 saturated carbocycles. The highest BCUT2D eigenvalue weighted by Crippen LogP contribution is 2.18. The molecule has 1 aliphatic rings. The maximum absolute atomic E-state index is 5.47. The number of rotatable bonds is 7. The fourth-order valence-corrected chi connectivity index (χ4v) is 3.04. The van der Waals surface area contributed by atoms with Crippen LogP contribution in [0.3, 0.4) is 0 Å².